The Kier molecular flexibility index (Phi) is 7.43. The summed E-state index contributed by atoms with van der Waals surface area (Å²) in [5.74, 6) is 1.15. The number of nitrogens with zero attached hydrogens (tertiary/aromatic N) is 3. The van der Waals surface area contributed by atoms with Gasteiger partial charge in [-0.2, -0.15) is 0 Å². The molecular weight excluding hydrogens is 352 g/mol. The molecule has 2 aliphatic rings. The third-order valence-corrected chi connectivity index (χ3v) is 5.93. The summed E-state index contributed by atoms with van der Waals surface area (Å²) in [7, 11) is 0. The number of rotatable bonds is 7. The van der Waals surface area contributed by atoms with Gasteiger partial charge < -0.3 is 10.2 Å². The fourth-order valence-electron chi connectivity index (χ4n) is 4.46. The molecule has 2 fully saturated rings. The van der Waals surface area contributed by atoms with Gasteiger partial charge in [0.2, 0.25) is 11.8 Å². The van der Waals surface area contributed by atoms with Gasteiger partial charge in [0.15, 0.2) is 0 Å². The van der Waals surface area contributed by atoms with Gasteiger partial charge in [0.25, 0.3) is 0 Å². The number of piperazine rings is 1. The fourth-order valence-corrected chi connectivity index (χ4v) is 4.46. The average Bonchev–Trinajstić information content (AvgIpc) is 3.21. The van der Waals surface area contributed by atoms with Crippen LogP contribution in [0.4, 0.5) is 0 Å². The lowest BCUT2D eigenvalue weighted by Gasteiger charge is -2.41. The summed E-state index contributed by atoms with van der Waals surface area (Å²) in [4.78, 5) is 34.0. The van der Waals surface area contributed by atoms with Crippen LogP contribution in [-0.2, 0) is 16.1 Å². The van der Waals surface area contributed by atoms with Gasteiger partial charge in [0.1, 0.15) is 0 Å². The minimum Gasteiger partial charge on any atom is -0.349 e. The van der Waals surface area contributed by atoms with Crippen LogP contribution in [0.3, 0.4) is 0 Å². The summed E-state index contributed by atoms with van der Waals surface area (Å²) in [6.07, 6.45) is 7.02. The highest BCUT2D eigenvalue weighted by Gasteiger charge is 2.37. The van der Waals surface area contributed by atoms with E-state index in [1.165, 1.54) is 12.8 Å². The summed E-state index contributed by atoms with van der Waals surface area (Å²) in [5.41, 5.74) is 0.880. The molecule has 1 atom stereocenters. The van der Waals surface area contributed by atoms with Crippen LogP contribution >= 0.6 is 0 Å². The summed E-state index contributed by atoms with van der Waals surface area (Å²) >= 11 is 0. The summed E-state index contributed by atoms with van der Waals surface area (Å²) < 4.78 is 0. The largest absolute Gasteiger partial charge is 0.349 e. The fraction of sp³-hybridized carbons (Fsp3) is 0.682. The second kappa shape index (κ2) is 10.0. The van der Waals surface area contributed by atoms with Crippen molar-refractivity contribution in [2.24, 2.45) is 11.8 Å². The minimum atomic E-state index is -0.0893. The van der Waals surface area contributed by atoms with Crippen LogP contribution in [0.5, 0.6) is 0 Å². The molecule has 1 aromatic heterocycles. The molecule has 0 aromatic carbocycles. The maximum atomic E-state index is 13.1. The minimum absolute atomic E-state index is 0.0893. The SMILES string of the molecule is CC(C)CC(=O)N1CCN([C@@H](C(=O)NCc2ccccn2)C2CCCC2)CC1. The van der Waals surface area contributed by atoms with Crippen LogP contribution in [0.2, 0.25) is 0 Å². The second-order valence-electron chi connectivity index (χ2n) is 8.54. The van der Waals surface area contributed by atoms with Gasteiger partial charge in [0.05, 0.1) is 18.3 Å². The zero-order valence-electron chi connectivity index (χ0n) is 17.3. The number of amides is 2. The molecule has 6 heteroatoms. The van der Waals surface area contributed by atoms with Crippen LogP contribution in [0, 0.1) is 11.8 Å². The van der Waals surface area contributed by atoms with E-state index in [2.05, 4.69) is 29.0 Å². The van der Waals surface area contributed by atoms with Crippen LogP contribution in [0.1, 0.15) is 51.6 Å². The third-order valence-electron chi connectivity index (χ3n) is 5.93. The number of aromatic nitrogens is 1. The van der Waals surface area contributed by atoms with E-state index in [0.29, 0.717) is 24.8 Å². The quantitative estimate of drug-likeness (QED) is 0.782. The van der Waals surface area contributed by atoms with Crippen molar-refractivity contribution in [2.45, 2.75) is 58.5 Å². The first-order valence-corrected chi connectivity index (χ1v) is 10.7. The Morgan fingerprint density at radius 2 is 1.86 bits per heavy atom. The molecule has 0 unspecified atom stereocenters. The molecule has 0 spiro atoms. The number of carbonyl (C=O) groups is 2. The van der Waals surface area contributed by atoms with Crippen molar-refractivity contribution in [1.82, 2.24) is 20.1 Å². The Hall–Kier alpha value is -1.95. The van der Waals surface area contributed by atoms with Crippen molar-refractivity contribution < 1.29 is 9.59 Å². The van der Waals surface area contributed by atoms with Crippen molar-refractivity contribution in [2.75, 3.05) is 26.2 Å². The molecule has 2 heterocycles. The first-order valence-electron chi connectivity index (χ1n) is 10.7. The lowest BCUT2D eigenvalue weighted by atomic mass is 9.95. The standard InChI is InChI=1S/C22H34N4O2/c1-17(2)15-20(27)25-11-13-26(14-12-25)21(18-7-3-4-8-18)22(28)24-16-19-9-5-6-10-23-19/h5-6,9-10,17-18,21H,3-4,7-8,11-16H2,1-2H3,(H,24,28)/t21-/m1/s1. The van der Waals surface area contributed by atoms with Crippen LogP contribution in [-0.4, -0.2) is 58.8 Å². The Morgan fingerprint density at radius 3 is 2.46 bits per heavy atom. The highest BCUT2D eigenvalue weighted by atomic mass is 16.2. The van der Waals surface area contributed by atoms with Crippen molar-refractivity contribution in [3.63, 3.8) is 0 Å². The molecule has 3 rings (SSSR count). The zero-order chi connectivity index (χ0) is 19.9. The maximum Gasteiger partial charge on any atom is 0.237 e. The molecule has 6 nitrogen and oxygen atoms in total. The lowest BCUT2D eigenvalue weighted by molar-refractivity contribution is -0.136. The molecule has 1 aromatic rings. The molecule has 1 saturated heterocycles. The monoisotopic (exact) mass is 386 g/mol. The van der Waals surface area contributed by atoms with Crippen molar-refractivity contribution in [3.05, 3.63) is 30.1 Å². The molecule has 154 valence electrons. The third kappa shape index (κ3) is 5.53. The number of nitrogens with one attached hydrogen (secondary N) is 1. The normalized spacial score (nSPS) is 19.8. The summed E-state index contributed by atoms with van der Waals surface area (Å²) in [6, 6.07) is 5.67. The molecule has 1 aliphatic heterocycles. The van der Waals surface area contributed by atoms with Crippen LogP contribution in [0.25, 0.3) is 0 Å². The van der Waals surface area contributed by atoms with Gasteiger partial charge in [-0.25, -0.2) is 0 Å². The van der Waals surface area contributed by atoms with E-state index in [9.17, 15) is 9.59 Å². The van der Waals surface area contributed by atoms with E-state index in [1.807, 2.05) is 23.1 Å². The highest BCUT2D eigenvalue weighted by molar-refractivity contribution is 5.82. The average molecular weight is 387 g/mol. The van der Waals surface area contributed by atoms with Gasteiger partial charge in [0, 0.05) is 38.8 Å². The van der Waals surface area contributed by atoms with E-state index in [4.69, 9.17) is 0 Å². The molecule has 1 aliphatic carbocycles. The molecule has 0 bridgehead atoms. The zero-order valence-corrected chi connectivity index (χ0v) is 17.3. The Morgan fingerprint density at radius 1 is 1.14 bits per heavy atom. The van der Waals surface area contributed by atoms with Crippen molar-refractivity contribution in [3.8, 4) is 0 Å². The molecule has 1 N–H and O–H groups in total. The molecular formula is C22H34N4O2. The van der Waals surface area contributed by atoms with Gasteiger partial charge in [-0.1, -0.05) is 32.8 Å². The van der Waals surface area contributed by atoms with Crippen molar-refractivity contribution in [1.29, 1.82) is 0 Å². The smallest absolute Gasteiger partial charge is 0.237 e. The van der Waals surface area contributed by atoms with Gasteiger partial charge >= 0.3 is 0 Å². The first-order chi connectivity index (χ1) is 13.5. The summed E-state index contributed by atoms with van der Waals surface area (Å²) in [5, 5.41) is 3.11. The lowest BCUT2D eigenvalue weighted by Crippen LogP contribution is -2.58. The maximum absolute atomic E-state index is 13.1. The van der Waals surface area contributed by atoms with Crippen molar-refractivity contribution >= 4 is 11.8 Å². The predicted octanol–water partition coefficient (Wildman–Crippen LogP) is 2.45. The van der Waals surface area contributed by atoms with E-state index in [0.717, 1.165) is 44.7 Å². The molecule has 28 heavy (non-hydrogen) atoms. The van der Waals surface area contributed by atoms with E-state index < -0.39 is 0 Å². The number of hydrogen-bond donors (Lipinski definition) is 1. The topological polar surface area (TPSA) is 65.5 Å². The van der Waals surface area contributed by atoms with Crippen LogP contribution < -0.4 is 5.32 Å². The molecule has 1 saturated carbocycles. The molecule has 0 radical (unpaired) electrons. The van der Waals surface area contributed by atoms with E-state index in [-0.39, 0.29) is 17.9 Å². The number of pyridine rings is 1. The Labute approximate surface area is 168 Å². The Balaban J connectivity index is 1.59. The van der Waals surface area contributed by atoms with Crippen LogP contribution in [0.15, 0.2) is 24.4 Å². The number of hydrogen-bond acceptors (Lipinski definition) is 4. The first kappa shape index (κ1) is 20.8. The van der Waals surface area contributed by atoms with Gasteiger partial charge in [-0.15, -0.1) is 0 Å². The molecule has 2 amide bonds. The summed E-state index contributed by atoms with van der Waals surface area (Å²) in [6.45, 7) is 7.64. The van der Waals surface area contributed by atoms with Gasteiger partial charge in [-0.05, 0) is 36.8 Å². The number of carbonyl (C=O) groups excluding carboxylic acids is 2. The van der Waals surface area contributed by atoms with E-state index in [1.54, 1.807) is 6.20 Å². The highest BCUT2D eigenvalue weighted by Crippen LogP contribution is 2.31. The predicted molar refractivity (Wildman–Crippen MR) is 109 cm³/mol. The second-order valence-corrected chi connectivity index (χ2v) is 8.54. The Bertz CT molecular complexity index is 635. The van der Waals surface area contributed by atoms with E-state index >= 15 is 0 Å². The van der Waals surface area contributed by atoms with Gasteiger partial charge in [-0.3, -0.25) is 19.5 Å².